The van der Waals surface area contributed by atoms with E-state index in [0.717, 1.165) is 117 Å². The molecule has 0 aliphatic rings. The van der Waals surface area contributed by atoms with Crippen molar-refractivity contribution in [3.8, 4) is 0 Å². The Morgan fingerprint density at radius 3 is 0.939 bits per heavy atom. The fourth-order valence-corrected chi connectivity index (χ4v) is 9.33. The van der Waals surface area contributed by atoms with Crippen molar-refractivity contribution in [1.29, 1.82) is 0 Å². The second-order valence-corrected chi connectivity index (χ2v) is 20.2. The van der Waals surface area contributed by atoms with Gasteiger partial charge in [-0.15, -0.1) is 0 Å². The van der Waals surface area contributed by atoms with Gasteiger partial charge in [0.25, 0.3) is 0 Å². The van der Waals surface area contributed by atoms with Crippen LogP contribution in [-0.2, 0) is 9.59 Å². The molecule has 0 saturated carbocycles. The van der Waals surface area contributed by atoms with Gasteiger partial charge in [-0.1, -0.05) is 206 Å². The summed E-state index contributed by atoms with van der Waals surface area (Å²) in [5.41, 5.74) is 17.4. The van der Waals surface area contributed by atoms with Crippen molar-refractivity contribution in [2.45, 2.75) is 251 Å². The molecule has 0 aromatic carbocycles. The summed E-state index contributed by atoms with van der Waals surface area (Å²) < 4.78 is 0. The molecule has 0 fully saturated rings. The number of hydrogen-bond acceptors (Lipinski definition) is 9. The van der Waals surface area contributed by atoms with Crippen LogP contribution in [0.2, 0.25) is 0 Å². The predicted molar refractivity (Wildman–Crippen MR) is 290 cm³/mol. The Morgan fingerprint density at radius 2 is 0.606 bits per heavy atom. The van der Waals surface area contributed by atoms with Crippen molar-refractivity contribution in [2.24, 2.45) is 17.2 Å². The van der Waals surface area contributed by atoms with Gasteiger partial charge in [0.15, 0.2) is 5.78 Å². The molecule has 10 heteroatoms. The second kappa shape index (κ2) is 54.8. The van der Waals surface area contributed by atoms with E-state index < -0.39 is 0 Å². The Balaban J connectivity index is 4.52. The number of ketones is 1. The highest BCUT2D eigenvalue weighted by molar-refractivity contribution is 5.87. The summed E-state index contributed by atoms with van der Waals surface area (Å²) in [5, 5.41) is 6.23. The van der Waals surface area contributed by atoms with E-state index in [-0.39, 0.29) is 24.8 Å². The molecule has 0 rings (SSSR count). The summed E-state index contributed by atoms with van der Waals surface area (Å²) in [6.07, 6.45) is 49.2. The third-order valence-electron chi connectivity index (χ3n) is 13.7. The lowest BCUT2D eigenvalue weighted by Gasteiger charge is -2.24. The van der Waals surface area contributed by atoms with Crippen LogP contribution >= 0.6 is 0 Å². The lowest BCUT2D eigenvalue weighted by atomic mass is 10.0. The minimum Gasteiger partial charge on any atom is -0.348 e. The quantitative estimate of drug-likeness (QED) is 0.0376. The van der Waals surface area contributed by atoms with Gasteiger partial charge in [-0.2, -0.15) is 0 Å². The smallest absolute Gasteiger partial charge is 0.234 e. The molecule has 0 radical (unpaired) electrons. The molecule has 0 bridgehead atoms. The van der Waals surface area contributed by atoms with Crippen molar-refractivity contribution in [3.63, 3.8) is 0 Å². The number of nitrogens with two attached hydrogens (primary N) is 3. The van der Waals surface area contributed by atoms with Crippen LogP contribution in [0.25, 0.3) is 0 Å². The van der Waals surface area contributed by atoms with Gasteiger partial charge < -0.3 is 37.6 Å². The molecule has 8 N–H and O–H groups in total. The van der Waals surface area contributed by atoms with E-state index >= 15 is 0 Å². The van der Waals surface area contributed by atoms with Gasteiger partial charge in [-0.05, 0) is 110 Å². The Hall–Kier alpha value is -1.14. The van der Waals surface area contributed by atoms with Crippen LogP contribution < -0.4 is 27.8 Å². The number of rotatable bonds is 57. The minimum absolute atomic E-state index is 0.103. The van der Waals surface area contributed by atoms with Crippen molar-refractivity contribution in [1.82, 2.24) is 25.3 Å². The van der Waals surface area contributed by atoms with Gasteiger partial charge in [0.05, 0.1) is 19.6 Å². The molecule has 394 valence electrons. The van der Waals surface area contributed by atoms with E-state index in [9.17, 15) is 9.59 Å². The van der Waals surface area contributed by atoms with Crippen LogP contribution in [-0.4, -0.2) is 125 Å². The number of nitrogens with zero attached hydrogens (tertiary/aromatic N) is 3. The van der Waals surface area contributed by atoms with Crippen LogP contribution in [0.4, 0.5) is 0 Å². The Bertz CT molecular complexity index is 930. The maximum atomic E-state index is 13.2. The molecule has 0 atom stereocenters. The summed E-state index contributed by atoms with van der Waals surface area (Å²) in [6, 6.07) is 0. The van der Waals surface area contributed by atoms with E-state index in [1.807, 2.05) is 0 Å². The summed E-state index contributed by atoms with van der Waals surface area (Å²) in [7, 11) is 0. The topological polar surface area (TPSA) is 146 Å². The lowest BCUT2D eigenvalue weighted by Crippen LogP contribution is -2.42. The number of amides is 1. The first-order chi connectivity index (χ1) is 32.5. The van der Waals surface area contributed by atoms with Crippen LogP contribution in [0, 0.1) is 0 Å². The van der Waals surface area contributed by atoms with E-state index in [4.69, 9.17) is 17.2 Å². The van der Waals surface area contributed by atoms with Gasteiger partial charge in [-0.25, -0.2) is 0 Å². The maximum absolute atomic E-state index is 13.2. The summed E-state index contributed by atoms with van der Waals surface area (Å²) in [5.74, 6) is 0.0167. The van der Waals surface area contributed by atoms with E-state index in [1.165, 1.54) is 193 Å². The SMILES string of the molecule is CCCCCCCCCCCCCCCCCCN(CCCCCCCCCCCCCCCCCC)CC(=O)CNC(=O)CNCCN(CCCN)CCCCN(CCCN)CCCN. The fraction of sp³-hybridized carbons (Fsp3) is 0.964. The highest BCUT2D eigenvalue weighted by atomic mass is 16.2. The molecule has 0 aromatic heterocycles. The molecule has 1 amide bonds. The summed E-state index contributed by atoms with van der Waals surface area (Å²) in [6.45, 7) is 16.3. The molecular weight excluding hydrogens is 817 g/mol. The van der Waals surface area contributed by atoms with Gasteiger partial charge in [-0.3, -0.25) is 14.5 Å². The Kier molecular flexibility index (Phi) is 53.8. The molecule has 10 nitrogen and oxygen atoms in total. The van der Waals surface area contributed by atoms with Gasteiger partial charge >= 0.3 is 0 Å². The van der Waals surface area contributed by atoms with Crippen LogP contribution in [0.3, 0.4) is 0 Å². The van der Waals surface area contributed by atoms with Crippen molar-refractivity contribution < 1.29 is 9.59 Å². The molecule has 0 unspecified atom stereocenters. The summed E-state index contributed by atoms with van der Waals surface area (Å²) >= 11 is 0. The van der Waals surface area contributed by atoms with Gasteiger partial charge in [0.1, 0.15) is 0 Å². The molecule has 66 heavy (non-hydrogen) atoms. The third-order valence-corrected chi connectivity index (χ3v) is 13.7. The number of hydrogen-bond donors (Lipinski definition) is 5. The molecule has 0 heterocycles. The van der Waals surface area contributed by atoms with Crippen LogP contribution in [0.5, 0.6) is 0 Å². The molecule has 0 aliphatic heterocycles. The zero-order chi connectivity index (χ0) is 48.1. The number of carbonyl (C=O) groups excluding carboxylic acids is 2. The van der Waals surface area contributed by atoms with Crippen molar-refractivity contribution in [3.05, 3.63) is 0 Å². The molecule has 0 spiro atoms. The van der Waals surface area contributed by atoms with Crippen molar-refractivity contribution in [2.75, 3.05) is 98.2 Å². The third kappa shape index (κ3) is 49.3. The Labute approximate surface area is 412 Å². The van der Waals surface area contributed by atoms with Gasteiger partial charge in [0.2, 0.25) is 5.91 Å². The zero-order valence-electron chi connectivity index (χ0n) is 44.7. The molecule has 0 aliphatic carbocycles. The minimum atomic E-state index is -0.103. The number of Topliss-reactive ketones (excluding diaryl/α,β-unsaturated/α-hetero) is 1. The first kappa shape index (κ1) is 64.9. The van der Waals surface area contributed by atoms with Gasteiger partial charge in [0, 0.05) is 13.1 Å². The summed E-state index contributed by atoms with van der Waals surface area (Å²) in [4.78, 5) is 33.3. The average molecular weight is 936 g/mol. The largest absolute Gasteiger partial charge is 0.348 e. The molecule has 0 saturated heterocycles. The zero-order valence-corrected chi connectivity index (χ0v) is 44.7. The van der Waals surface area contributed by atoms with Crippen LogP contribution in [0.15, 0.2) is 0 Å². The second-order valence-electron chi connectivity index (χ2n) is 20.2. The Morgan fingerprint density at radius 1 is 0.333 bits per heavy atom. The number of nitrogens with one attached hydrogen (secondary N) is 2. The average Bonchev–Trinajstić information content (AvgIpc) is 3.32. The molecular formula is C56H118N8O2. The highest BCUT2D eigenvalue weighted by Crippen LogP contribution is 2.16. The van der Waals surface area contributed by atoms with Crippen molar-refractivity contribution >= 4 is 11.7 Å². The van der Waals surface area contributed by atoms with E-state index in [0.29, 0.717) is 13.1 Å². The highest BCUT2D eigenvalue weighted by Gasteiger charge is 2.13. The normalized spacial score (nSPS) is 11.8. The fourth-order valence-electron chi connectivity index (χ4n) is 9.33. The van der Waals surface area contributed by atoms with E-state index in [1.54, 1.807) is 0 Å². The van der Waals surface area contributed by atoms with Crippen LogP contribution in [0.1, 0.15) is 251 Å². The van der Waals surface area contributed by atoms with E-state index in [2.05, 4.69) is 39.2 Å². The number of unbranched alkanes of at least 4 members (excludes halogenated alkanes) is 31. The first-order valence-electron chi connectivity index (χ1n) is 29.3. The molecule has 0 aromatic rings. The monoisotopic (exact) mass is 935 g/mol. The predicted octanol–water partition coefficient (Wildman–Crippen LogP) is 11.5. The lowest BCUT2D eigenvalue weighted by molar-refractivity contribution is -0.125. The standard InChI is InChI=1S/C56H118N8O2/c1-3-5-7-9-11-13-15-17-19-21-23-25-27-29-31-33-46-64(47-34-32-30-28-26-24-22-20-18-16-14-12-10-8-6-4-2)54-55(65)52-61-56(66)53-60-43-51-63(50-39-42-59)45-36-35-44-62(48-37-40-57)49-38-41-58/h60H,3-54,57-59H2,1-2H3,(H,61,66). The maximum Gasteiger partial charge on any atom is 0.234 e. The first-order valence-corrected chi connectivity index (χ1v) is 29.3. The number of carbonyl (C=O) groups is 2.